The molecule has 2 heterocycles. The van der Waals surface area contributed by atoms with Gasteiger partial charge in [-0.2, -0.15) is 5.26 Å². The van der Waals surface area contributed by atoms with E-state index < -0.39 is 0 Å². The molecule has 0 spiro atoms. The van der Waals surface area contributed by atoms with Crippen LogP contribution >= 0.6 is 0 Å². The lowest BCUT2D eigenvalue weighted by molar-refractivity contribution is -0.0864. The van der Waals surface area contributed by atoms with Gasteiger partial charge >= 0.3 is 0 Å². The SMILES string of the molecule is CCC1(CC)CC(Nc2cc(C#N)cc(C)n2)CCO1. The second-order valence-electron chi connectivity index (χ2n) is 5.57. The number of rotatable bonds is 4. The normalized spacial score (nSPS) is 21.2. The fourth-order valence-electron chi connectivity index (χ4n) is 2.91. The molecule has 4 nitrogen and oxygen atoms in total. The molecular weight excluding hydrogens is 250 g/mol. The Morgan fingerprint density at radius 2 is 2.20 bits per heavy atom. The third-order valence-corrected chi connectivity index (χ3v) is 4.22. The van der Waals surface area contributed by atoms with Gasteiger partial charge in [0.1, 0.15) is 5.82 Å². The predicted octanol–water partition coefficient (Wildman–Crippen LogP) is 3.41. The molecule has 1 aliphatic rings. The summed E-state index contributed by atoms with van der Waals surface area (Å²) in [6.45, 7) is 7.07. The second-order valence-corrected chi connectivity index (χ2v) is 5.57. The van der Waals surface area contributed by atoms with E-state index >= 15 is 0 Å². The van der Waals surface area contributed by atoms with Crippen LogP contribution in [0.5, 0.6) is 0 Å². The molecule has 20 heavy (non-hydrogen) atoms. The summed E-state index contributed by atoms with van der Waals surface area (Å²) in [4.78, 5) is 4.47. The minimum Gasteiger partial charge on any atom is -0.375 e. The molecule has 0 amide bonds. The van der Waals surface area contributed by atoms with Gasteiger partial charge < -0.3 is 10.1 Å². The van der Waals surface area contributed by atoms with Crippen molar-refractivity contribution in [3.8, 4) is 6.07 Å². The van der Waals surface area contributed by atoms with Gasteiger partial charge in [0.15, 0.2) is 0 Å². The monoisotopic (exact) mass is 273 g/mol. The van der Waals surface area contributed by atoms with Crippen LogP contribution in [0.1, 0.15) is 50.8 Å². The molecule has 1 aliphatic heterocycles. The van der Waals surface area contributed by atoms with Gasteiger partial charge in [-0.25, -0.2) is 4.98 Å². The van der Waals surface area contributed by atoms with Crippen LogP contribution in [0, 0.1) is 18.3 Å². The van der Waals surface area contributed by atoms with E-state index in [1.807, 2.05) is 13.0 Å². The molecular formula is C16H23N3O. The molecule has 1 saturated heterocycles. The van der Waals surface area contributed by atoms with Gasteiger partial charge in [-0.1, -0.05) is 13.8 Å². The molecule has 0 saturated carbocycles. The number of pyridine rings is 1. The number of nitriles is 1. The summed E-state index contributed by atoms with van der Waals surface area (Å²) in [5, 5.41) is 12.5. The van der Waals surface area contributed by atoms with E-state index in [0.29, 0.717) is 11.6 Å². The lowest BCUT2D eigenvalue weighted by Gasteiger charge is -2.40. The number of hydrogen-bond donors (Lipinski definition) is 1. The van der Waals surface area contributed by atoms with Crippen molar-refractivity contribution in [3.63, 3.8) is 0 Å². The molecule has 1 fully saturated rings. The standard InChI is InChI=1S/C16H23N3O/c1-4-16(5-2)10-14(6-7-20-16)19-15-9-13(11-17)8-12(3)18-15/h8-9,14H,4-7,10H2,1-3H3,(H,18,19). The van der Waals surface area contributed by atoms with Crippen LogP contribution in [-0.2, 0) is 4.74 Å². The summed E-state index contributed by atoms with van der Waals surface area (Å²) in [5.74, 6) is 0.801. The van der Waals surface area contributed by atoms with Crippen molar-refractivity contribution in [2.45, 2.75) is 58.1 Å². The van der Waals surface area contributed by atoms with Crippen LogP contribution in [0.25, 0.3) is 0 Å². The number of nitrogens with zero attached hydrogens (tertiary/aromatic N) is 2. The van der Waals surface area contributed by atoms with Gasteiger partial charge in [0.25, 0.3) is 0 Å². The molecule has 108 valence electrons. The molecule has 1 atom stereocenters. The molecule has 0 radical (unpaired) electrons. The highest BCUT2D eigenvalue weighted by Crippen LogP contribution is 2.32. The van der Waals surface area contributed by atoms with Gasteiger partial charge in [0.2, 0.25) is 0 Å². The van der Waals surface area contributed by atoms with Crippen LogP contribution < -0.4 is 5.32 Å². The number of anilines is 1. The summed E-state index contributed by atoms with van der Waals surface area (Å²) >= 11 is 0. The molecule has 0 aromatic carbocycles. The fraction of sp³-hybridized carbons (Fsp3) is 0.625. The van der Waals surface area contributed by atoms with E-state index in [2.05, 4.69) is 30.2 Å². The topological polar surface area (TPSA) is 57.9 Å². The third kappa shape index (κ3) is 3.29. The first-order chi connectivity index (χ1) is 9.60. The van der Waals surface area contributed by atoms with E-state index in [9.17, 15) is 0 Å². The molecule has 1 unspecified atom stereocenters. The Morgan fingerprint density at radius 1 is 1.45 bits per heavy atom. The van der Waals surface area contributed by atoms with Crippen molar-refractivity contribution in [1.82, 2.24) is 4.98 Å². The largest absolute Gasteiger partial charge is 0.375 e. The highest BCUT2D eigenvalue weighted by atomic mass is 16.5. The van der Waals surface area contributed by atoms with Crippen molar-refractivity contribution in [1.29, 1.82) is 5.26 Å². The summed E-state index contributed by atoms with van der Waals surface area (Å²) < 4.78 is 5.99. The summed E-state index contributed by atoms with van der Waals surface area (Å²) in [7, 11) is 0. The summed E-state index contributed by atoms with van der Waals surface area (Å²) in [6.07, 6.45) is 4.05. The maximum absolute atomic E-state index is 9.03. The first kappa shape index (κ1) is 14.8. The van der Waals surface area contributed by atoms with Gasteiger partial charge in [0.05, 0.1) is 17.2 Å². The van der Waals surface area contributed by atoms with E-state index in [-0.39, 0.29) is 5.60 Å². The van der Waals surface area contributed by atoms with Crippen LogP contribution in [-0.4, -0.2) is 23.2 Å². The van der Waals surface area contributed by atoms with Crippen LogP contribution in [0.4, 0.5) is 5.82 Å². The first-order valence-corrected chi connectivity index (χ1v) is 7.40. The number of ether oxygens (including phenoxy) is 1. The first-order valence-electron chi connectivity index (χ1n) is 7.40. The Labute approximate surface area is 121 Å². The smallest absolute Gasteiger partial charge is 0.127 e. The van der Waals surface area contributed by atoms with Crippen LogP contribution in [0.3, 0.4) is 0 Å². The highest BCUT2D eigenvalue weighted by Gasteiger charge is 2.34. The number of aryl methyl sites for hydroxylation is 1. The quantitative estimate of drug-likeness (QED) is 0.913. The Kier molecular flexibility index (Phi) is 4.61. The Morgan fingerprint density at radius 3 is 2.85 bits per heavy atom. The van der Waals surface area contributed by atoms with Gasteiger partial charge in [-0.3, -0.25) is 0 Å². The predicted molar refractivity (Wildman–Crippen MR) is 79.6 cm³/mol. The van der Waals surface area contributed by atoms with E-state index in [0.717, 1.165) is 43.8 Å². The third-order valence-electron chi connectivity index (χ3n) is 4.22. The van der Waals surface area contributed by atoms with Gasteiger partial charge in [0, 0.05) is 18.3 Å². The Hall–Kier alpha value is -1.60. The lowest BCUT2D eigenvalue weighted by Crippen LogP contribution is -2.43. The molecule has 1 aromatic rings. The Bertz CT molecular complexity index is 503. The number of nitrogens with one attached hydrogen (secondary N) is 1. The average molecular weight is 273 g/mol. The van der Waals surface area contributed by atoms with E-state index in [4.69, 9.17) is 10.00 Å². The minimum absolute atomic E-state index is 0.00218. The molecule has 1 N–H and O–H groups in total. The van der Waals surface area contributed by atoms with Crippen molar-refractivity contribution >= 4 is 5.82 Å². The van der Waals surface area contributed by atoms with E-state index in [1.54, 1.807) is 6.07 Å². The van der Waals surface area contributed by atoms with Crippen LogP contribution in [0.15, 0.2) is 12.1 Å². The minimum atomic E-state index is -0.00218. The zero-order chi connectivity index (χ0) is 14.6. The van der Waals surface area contributed by atoms with Crippen molar-refractivity contribution in [2.24, 2.45) is 0 Å². The van der Waals surface area contributed by atoms with Crippen molar-refractivity contribution in [2.75, 3.05) is 11.9 Å². The maximum atomic E-state index is 9.03. The maximum Gasteiger partial charge on any atom is 0.127 e. The molecule has 2 rings (SSSR count). The highest BCUT2D eigenvalue weighted by molar-refractivity contribution is 5.45. The zero-order valence-electron chi connectivity index (χ0n) is 12.6. The molecule has 1 aromatic heterocycles. The number of hydrogen-bond acceptors (Lipinski definition) is 4. The van der Waals surface area contributed by atoms with Gasteiger partial charge in [-0.15, -0.1) is 0 Å². The lowest BCUT2D eigenvalue weighted by atomic mass is 9.86. The average Bonchev–Trinajstić information content (AvgIpc) is 2.46. The summed E-state index contributed by atoms with van der Waals surface area (Å²) in [5.41, 5.74) is 1.53. The molecule has 0 aliphatic carbocycles. The fourth-order valence-corrected chi connectivity index (χ4v) is 2.91. The van der Waals surface area contributed by atoms with Crippen molar-refractivity contribution < 1.29 is 4.74 Å². The van der Waals surface area contributed by atoms with Crippen LogP contribution in [0.2, 0.25) is 0 Å². The van der Waals surface area contributed by atoms with E-state index in [1.165, 1.54) is 0 Å². The number of aromatic nitrogens is 1. The zero-order valence-corrected chi connectivity index (χ0v) is 12.6. The van der Waals surface area contributed by atoms with Crippen molar-refractivity contribution in [3.05, 3.63) is 23.4 Å². The van der Waals surface area contributed by atoms with Gasteiger partial charge in [-0.05, 0) is 44.7 Å². The molecule has 0 bridgehead atoms. The molecule has 4 heteroatoms. The Balaban J connectivity index is 2.10. The second kappa shape index (κ2) is 6.23. The summed E-state index contributed by atoms with van der Waals surface area (Å²) in [6, 6.07) is 6.17.